The number of carbonyl (C=O) groups is 1. The van der Waals surface area contributed by atoms with E-state index in [1.165, 1.54) is 24.0 Å². The van der Waals surface area contributed by atoms with Gasteiger partial charge in [-0.25, -0.2) is 18.7 Å². The van der Waals surface area contributed by atoms with Gasteiger partial charge in [0.25, 0.3) is 5.91 Å². The van der Waals surface area contributed by atoms with E-state index < -0.39 is 23.2 Å². The molecule has 0 spiro atoms. The third-order valence-electron chi connectivity index (χ3n) is 3.65. The maximum atomic E-state index is 13.6. The maximum Gasteiger partial charge on any atom is 0.258 e. The Morgan fingerprint density at radius 3 is 2.23 bits per heavy atom. The first-order valence-corrected chi connectivity index (χ1v) is 7.98. The van der Waals surface area contributed by atoms with Crippen molar-refractivity contribution < 1.29 is 13.6 Å². The van der Waals surface area contributed by atoms with Crippen LogP contribution >= 0.6 is 0 Å². The summed E-state index contributed by atoms with van der Waals surface area (Å²) in [6.45, 7) is 0.635. The van der Waals surface area contributed by atoms with E-state index in [0.717, 1.165) is 18.6 Å². The summed E-state index contributed by atoms with van der Waals surface area (Å²) in [6.07, 6.45) is 3.40. The molecule has 26 heavy (non-hydrogen) atoms. The Morgan fingerprint density at radius 1 is 0.923 bits per heavy atom. The quantitative estimate of drug-likeness (QED) is 0.709. The normalized spacial score (nSPS) is 10.4. The van der Waals surface area contributed by atoms with Gasteiger partial charge in [0.05, 0.1) is 5.56 Å². The first-order valence-electron chi connectivity index (χ1n) is 7.98. The third-order valence-corrected chi connectivity index (χ3v) is 3.65. The molecular formula is C19H16F2N4O. The van der Waals surface area contributed by atoms with Crippen molar-refractivity contribution in [2.24, 2.45) is 0 Å². The summed E-state index contributed by atoms with van der Waals surface area (Å²) in [5, 5.41) is 5.24. The van der Waals surface area contributed by atoms with Crippen molar-refractivity contribution in [3.05, 3.63) is 83.7 Å². The SMILES string of the molecule is O=C(Nc1c(F)cccc1F)c1cnc(NCCc2ccccc2)nc1. The standard InChI is InChI=1S/C19H16F2N4O/c20-15-7-4-8-16(21)17(15)25-18(26)14-11-23-19(24-12-14)22-10-9-13-5-2-1-3-6-13/h1-8,11-12H,9-10H2,(H,25,26)(H,22,23,24). The molecule has 7 heteroatoms. The van der Waals surface area contributed by atoms with E-state index in [1.807, 2.05) is 30.3 Å². The van der Waals surface area contributed by atoms with Gasteiger partial charge in [0, 0.05) is 18.9 Å². The highest BCUT2D eigenvalue weighted by Crippen LogP contribution is 2.18. The van der Waals surface area contributed by atoms with E-state index in [2.05, 4.69) is 20.6 Å². The number of para-hydroxylation sites is 1. The molecule has 3 aromatic rings. The minimum Gasteiger partial charge on any atom is -0.354 e. The largest absolute Gasteiger partial charge is 0.354 e. The van der Waals surface area contributed by atoms with Gasteiger partial charge in [-0.2, -0.15) is 0 Å². The molecule has 1 heterocycles. The zero-order valence-corrected chi connectivity index (χ0v) is 13.7. The Balaban J connectivity index is 1.57. The van der Waals surface area contributed by atoms with E-state index in [9.17, 15) is 13.6 Å². The molecule has 1 amide bonds. The average Bonchev–Trinajstić information content (AvgIpc) is 2.66. The Kier molecular flexibility index (Phi) is 5.48. The lowest BCUT2D eigenvalue weighted by atomic mass is 10.1. The number of benzene rings is 2. The molecular weight excluding hydrogens is 338 g/mol. The maximum absolute atomic E-state index is 13.6. The molecule has 0 aliphatic rings. The van der Waals surface area contributed by atoms with Crippen molar-refractivity contribution in [3.8, 4) is 0 Å². The lowest BCUT2D eigenvalue weighted by molar-refractivity contribution is 0.102. The molecule has 0 aliphatic heterocycles. The fourth-order valence-corrected chi connectivity index (χ4v) is 2.30. The van der Waals surface area contributed by atoms with E-state index in [1.54, 1.807) is 0 Å². The van der Waals surface area contributed by atoms with Gasteiger partial charge in [0.15, 0.2) is 0 Å². The van der Waals surface area contributed by atoms with Gasteiger partial charge in [0.1, 0.15) is 17.3 Å². The number of nitrogens with zero attached hydrogens (tertiary/aromatic N) is 2. The number of aromatic nitrogens is 2. The first kappa shape index (κ1) is 17.5. The zero-order valence-electron chi connectivity index (χ0n) is 13.7. The van der Waals surface area contributed by atoms with Crippen molar-refractivity contribution in [2.75, 3.05) is 17.2 Å². The highest BCUT2D eigenvalue weighted by atomic mass is 19.1. The second-order valence-corrected chi connectivity index (χ2v) is 5.51. The number of rotatable bonds is 6. The van der Waals surface area contributed by atoms with Gasteiger partial charge in [-0.1, -0.05) is 36.4 Å². The summed E-state index contributed by atoms with van der Waals surface area (Å²) in [5.74, 6) is -2.02. The molecule has 132 valence electrons. The highest BCUT2D eigenvalue weighted by molar-refractivity contribution is 6.04. The Morgan fingerprint density at radius 2 is 1.58 bits per heavy atom. The lowest BCUT2D eigenvalue weighted by Gasteiger charge is -2.08. The summed E-state index contributed by atoms with van der Waals surface area (Å²) in [5.41, 5.74) is 0.784. The van der Waals surface area contributed by atoms with Crippen molar-refractivity contribution in [1.29, 1.82) is 0 Å². The minimum absolute atomic E-state index is 0.0984. The van der Waals surface area contributed by atoms with Crippen LogP contribution in [0.2, 0.25) is 0 Å². The molecule has 0 radical (unpaired) electrons. The molecule has 5 nitrogen and oxygen atoms in total. The van der Waals surface area contributed by atoms with E-state index in [0.29, 0.717) is 12.5 Å². The number of halogens is 2. The molecule has 3 rings (SSSR count). The molecule has 0 saturated heterocycles. The molecule has 0 bridgehead atoms. The molecule has 0 fully saturated rings. The van der Waals surface area contributed by atoms with Gasteiger partial charge in [-0.3, -0.25) is 4.79 Å². The third kappa shape index (κ3) is 4.38. The van der Waals surface area contributed by atoms with Crippen LogP contribution in [0.1, 0.15) is 15.9 Å². The number of hydrogen-bond acceptors (Lipinski definition) is 4. The second-order valence-electron chi connectivity index (χ2n) is 5.51. The number of hydrogen-bond donors (Lipinski definition) is 2. The van der Waals surface area contributed by atoms with Crippen LogP contribution in [0.25, 0.3) is 0 Å². The van der Waals surface area contributed by atoms with Crippen LogP contribution in [-0.4, -0.2) is 22.4 Å². The molecule has 0 aliphatic carbocycles. The Bertz CT molecular complexity index is 866. The van der Waals surface area contributed by atoms with Crippen LogP contribution in [-0.2, 0) is 6.42 Å². The van der Waals surface area contributed by atoms with E-state index in [4.69, 9.17) is 0 Å². The van der Waals surface area contributed by atoms with Crippen molar-refractivity contribution in [1.82, 2.24) is 9.97 Å². The van der Waals surface area contributed by atoms with Gasteiger partial charge in [-0.15, -0.1) is 0 Å². The van der Waals surface area contributed by atoms with Crippen molar-refractivity contribution >= 4 is 17.5 Å². The number of nitrogens with one attached hydrogen (secondary N) is 2. The van der Waals surface area contributed by atoms with Crippen LogP contribution in [0.5, 0.6) is 0 Å². The van der Waals surface area contributed by atoms with Gasteiger partial charge < -0.3 is 10.6 Å². The Labute approximate surface area is 149 Å². The Hall–Kier alpha value is -3.35. The van der Waals surface area contributed by atoms with E-state index in [-0.39, 0.29) is 5.56 Å². The fraction of sp³-hybridized carbons (Fsp3) is 0.105. The molecule has 2 N–H and O–H groups in total. The van der Waals surface area contributed by atoms with Gasteiger partial charge >= 0.3 is 0 Å². The van der Waals surface area contributed by atoms with E-state index >= 15 is 0 Å². The molecule has 0 saturated carbocycles. The molecule has 1 aromatic heterocycles. The van der Waals surface area contributed by atoms with Crippen LogP contribution in [0.3, 0.4) is 0 Å². The second kappa shape index (κ2) is 8.15. The molecule has 0 atom stereocenters. The van der Waals surface area contributed by atoms with Crippen LogP contribution in [0.4, 0.5) is 20.4 Å². The molecule has 0 unspecified atom stereocenters. The first-order chi connectivity index (χ1) is 12.6. The number of amides is 1. The van der Waals surface area contributed by atoms with Crippen molar-refractivity contribution in [3.63, 3.8) is 0 Å². The predicted molar refractivity (Wildman–Crippen MR) is 95.0 cm³/mol. The summed E-state index contributed by atoms with van der Waals surface area (Å²) in [6, 6.07) is 13.3. The monoisotopic (exact) mass is 354 g/mol. The summed E-state index contributed by atoms with van der Waals surface area (Å²) in [4.78, 5) is 20.2. The fourth-order valence-electron chi connectivity index (χ4n) is 2.30. The minimum atomic E-state index is -0.849. The zero-order chi connectivity index (χ0) is 18.4. The van der Waals surface area contributed by atoms with Crippen LogP contribution in [0, 0.1) is 11.6 Å². The van der Waals surface area contributed by atoms with Crippen LogP contribution in [0.15, 0.2) is 60.9 Å². The molecule has 2 aromatic carbocycles. The highest BCUT2D eigenvalue weighted by Gasteiger charge is 2.14. The topological polar surface area (TPSA) is 66.9 Å². The summed E-state index contributed by atoms with van der Waals surface area (Å²) in [7, 11) is 0. The van der Waals surface area contributed by atoms with Crippen molar-refractivity contribution in [2.45, 2.75) is 6.42 Å². The van der Waals surface area contributed by atoms with Gasteiger partial charge in [0.2, 0.25) is 5.95 Å². The lowest BCUT2D eigenvalue weighted by Crippen LogP contribution is -2.15. The number of anilines is 2. The predicted octanol–water partition coefficient (Wildman–Crippen LogP) is 3.66. The number of carbonyl (C=O) groups excluding carboxylic acids is 1. The average molecular weight is 354 g/mol. The smallest absolute Gasteiger partial charge is 0.258 e. The summed E-state index contributed by atoms with van der Waals surface area (Å²) >= 11 is 0. The van der Waals surface area contributed by atoms with Crippen LogP contribution < -0.4 is 10.6 Å². The summed E-state index contributed by atoms with van der Waals surface area (Å²) < 4.78 is 27.1. The van der Waals surface area contributed by atoms with Gasteiger partial charge in [-0.05, 0) is 24.1 Å².